The number of nitrogens with one attached hydrogen (secondary N) is 1. The van der Waals surface area contributed by atoms with E-state index in [9.17, 15) is 27.2 Å². The Morgan fingerprint density at radius 1 is 1.15 bits per heavy atom. The van der Waals surface area contributed by atoms with Gasteiger partial charge in [0.2, 0.25) is 0 Å². The minimum absolute atomic E-state index is 0.0286. The van der Waals surface area contributed by atoms with E-state index in [0.29, 0.717) is 0 Å². The molecule has 1 amide bonds. The van der Waals surface area contributed by atoms with Crippen molar-refractivity contribution >= 4 is 35.2 Å². The van der Waals surface area contributed by atoms with Crippen LogP contribution in [-0.4, -0.2) is 18.5 Å². The molecule has 2 aromatic carbocycles. The Balaban J connectivity index is 1.88. The highest BCUT2D eigenvalue weighted by molar-refractivity contribution is 6.33. The first-order chi connectivity index (χ1) is 12.6. The molecule has 0 spiro atoms. The summed E-state index contributed by atoms with van der Waals surface area (Å²) < 4.78 is 55.4. The van der Waals surface area contributed by atoms with Gasteiger partial charge in [0.25, 0.3) is 5.91 Å². The highest BCUT2D eigenvalue weighted by Crippen LogP contribution is 2.29. The van der Waals surface area contributed by atoms with Gasteiger partial charge in [-0.1, -0.05) is 23.7 Å². The van der Waals surface area contributed by atoms with Crippen molar-refractivity contribution in [3.8, 4) is 0 Å². The highest BCUT2D eigenvalue weighted by Gasteiger charge is 2.30. The Labute approximate surface area is 156 Å². The smallest absolute Gasteiger partial charge is 0.416 e. The number of hydrogen-bond donors (Lipinski definition) is 1. The van der Waals surface area contributed by atoms with Crippen molar-refractivity contribution in [2.75, 3.05) is 11.9 Å². The average molecular weight is 402 g/mol. The van der Waals surface area contributed by atoms with Gasteiger partial charge in [-0.2, -0.15) is 13.2 Å². The van der Waals surface area contributed by atoms with Gasteiger partial charge in [0.1, 0.15) is 5.82 Å². The fourth-order valence-electron chi connectivity index (χ4n) is 1.94. The minimum atomic E-state index is -4.50. The third kappa shape index (κ3) is 6.41. The van der Waals surface area contributed by atoms with Gasteiger partial charge in [0.05, 0.1) is 16.3 Å². The van der Waals surface area contributed by atoms with E-state index < -0.39 is 36.0 Å². The predicted octanol–water partition coefficient (Wildman–Crippen LogP) is 4.69. The molecule has 9 heteroatoms. The molecule has 0 saturated carbocycles. The van der Waals surface area contributed by atoms with Gasteiger partial charge in [0, 0.05) is 6.08 Å². The van der Waals surface area contributed by atoms with Crippen molar-refractivity contribution in [1.82, 2.24) is 0 Å². The summed E-state index contributed by atoms with van der Waals surface area (Å²) in [5, 5.41) is 2.30. The summed E-state index contributed by atoms with van der Waals surface area (Å²) in [6.07, 6.45) is -2.47. The topological polar surface area (TPSA) is 55.4 Å². The monoisotopic (exact) mass is 401 g/mol. The van der Waals surface area contributed by atoms with Crippen molar-refractivity contribution in [2.45, 2.75) is 6.18 Å². The van der Waals surface area contributed by atoms with Crippen molar-refractivity contribution in [2.24, 2.45) is 0 Å². The summed E-state index contributed by atoms with van der Waals surface area (Å²) in [5.74, 6) is -2.22. The van der Waals surface area contributed by atoms with Crippen LogP contribution in [0.2, 0.25) is 5.02 Å². The molecule has 0 fully saturated rings. The maximum atomic E-state index is 12.9. The lowest BCUT2D eigenvalue weighted by Crippen LogP contribution is -2.20. The number of carbonyl (C=O) groups excluding carboxylic acids is 2. The van der Waals surface area contributed by atoms with Crippen LogP contribution >= 0.6 is 11.6 Å². The van der Waals surface area contributed by atoms with E-state index in [1.807, 2.05) is 0 Å². The molecule has 0 unspecified atom stereocenters. The summed E-state index contributed by atoms with van der Waals surface area (Å²) >= 11 is 5.74. The number of ether oxygens (including phenoxy) is 1. The van der Waals surface area contributed by atoms with Gasteiger partial charge in [-0.15, -0.1) is 0 Å². The van der Waals surface area contributed by atoms with Crippen LogP contribution in [0.5, 0.6) is 0 Å². The third-order valence-corrected chi connectivity index (χ3v) is 3.49. The third-order valence-electron chi connectivity index (χ3n) is 3.18. The molecule has 0 aliphatic rings. The lowest BCUT2D eigenvalue weighted by atomic mass is 10.1. The number of hydrogen-bond acceptors (Lipinski definition) is 3. The van der Waals surface area contributed by atoms with Crippen LogP contribution in [0.4, 0.5) is 23.2 Å². The van der Waals surface area contributed by atoms with Crippen LogP contribution in [-0.2, 0) is 20.5 Å². The number of alkyl halides is 3. The molecule has 0 aromatic heterocycles. The van der Waals surface area contributed by atoms with Gasteiger partial charge in [-0.05, 0) is 42.0 Å². The van der Waals surface area contributed by atoms with Crippen molar-refractivity contribution in [1.29, 1.82) is 0 Å². The molecule has 0 atom stereocenters. The second-order valence-corrected chi connectivity index (χ2v) is 5.64. The number of halogens is 5. The Hall–Kier alpha value is -2.87. The molecular weight excluding hydrogens is 390 g/mol. The lowest BCUT2D eigenvalue weighted by Gasteiger charge is -2.07. The standard InChI is InChI=1S/C18H12ClF4NO3/c19-14-9-13(20)5-6-15(14)24-16(25)10-27-17(26)7-4-11-2-1-3-12(8-11)18(21,22)23/h1-9H,10H2,(H,24,25)/b7-4+. The molecule has 0 saturated heterocycles. The quantitative estimate of drug-likeness (QED) is 0.449. The Bertz CT molecular complexity index is 881. The van der Waals surface area contributed by atoms with Crippen LogP contribution < -0.4 is 5.32 Å². The van der Waals surface area contributed by atoms with E-state index in [2.05, 4.69) is 10.1 Å². The lowest BCUT2D eigenvalue weighted by molar-refractivity contribution is -0.142. The Kier molecular flexibility index (Phi) is 6.57. The average Bonchev–Trinajstić information content (AvgIpc) is 2.60. The van der Waals surface area contributed by atoms with Crippen LogP contribution in [0.1, 0.15) is 11.1 Å². The van der Waals surface area contributed by atoms with Gasteiger partial charge >= 0.3 is 12.1 Å². The maximum absolute atomic E-state index is 12.9. The zero-order valence-corrected chi connectivity index (χ0v) is 14.3. The normalized spacial score (nSPS) is 11.4. The van der Waals surface area contributed by atoms with E-state index in [-0.39, 0.29) is 16.3 Å². The zero-order valence-electron chi connectivity index (χ0n) is 13.5. The molecule has 2 aromatic rings. The fraction of sp³-hybridized carbons (Fsp3) is 0.111. The van der Waals surface area contributed by atoms with Crippen LogP contribution in [0.25, 0.3) is 6.08 Å². The molecular formula is C18H12ClF4NO3. The number of amides is 1. The summed E-state index contributed by atoms with van der Waals surface area (Å²) in [4.78, 5) is 23.3. The highest BCUT2D eigenvalue weighted by atomic mass is 35.5. The van der Waals surface area contributed by atoms with Crippen LogP contribution in [0, 0.1) is 5.82 Å². The molecule has 0 bridgehead atoms. The molecule has 4 nitrogen and oxygen atoms in total. The first-order valence-electron chi connectivity index (χ1n) is 7.42. The molecule has 0 aliphatic heterocycles. The van der Waals surface area contributed by atoms with E-state index in [1.54, 1.807) is 0 Å². The van der Waals surface area contributed by atoms with Gasteiger partial charge < -0.3 is 10.1 Å². The molecule has 0 aliphatic carbocycles. The second-order valence-electron chi connectivity index (χ2n) is 5.24. The molecule has 142 valence electrons. The van der Waals surface area contributed by atoms with E-state index in [1.165, 1.54) is 18.2 Å². The SMILES string of the molecule is O=C(COC(=O)/C=C/c1cccc(C(F)(F)F)c1)Nc1ccc(F)cc1Cl. The van der Waals surface area contributed by atoms with E-state index in [4.69, 9.17) is 11.6 Å². The van der Waals surface area contributed by atoms with Gasteiger partial charge in [-0.25, -0.2) is 9.18 Å². The Morgan fingerprint density at radius 3 is 2.56 bits per heavy atom. The number of anilines is 1. The molecule has 27 heavy (non-hydrogen) atoms. The van der Waals surface area contributed by atoms with Gasteiger partial charge in [0.15, 0.2) is 6.61 Å². The summed E-state index contributed by atoms with van der Waals surface area (Å²) in [6.45, 7) is -0.653. The van der Waals surface area contributed by atoms with Crippen molar-refractivity contribution in [3.63, 3.8) is 0 Å². The van der Waals surface area contributed by atoms with Crippen molar-refractivity contribution < 1.29 is 31.9 Å². The summed E-state index contributed by atoms with van der Waals surface area (Å²) in [7, 11) is 0. The number of carbonyl (C=O) groups is 2. The maximum Gasteiger partial charge on any atom is 0.416 e. The number of esters is 1. The largest absolute Gasteiger partial charge is 0.452 e. The number of rotatable bonds is 5. The molecule has 2 rings (SSSR count). The number of benzene rings is 2. The summed E-state index contributed by atoms with van der Waals surface area (Å²) in [6, 6.07) is 7.68. The minimum Gasteiger partial charge on any atom is -0.452 e. The predicted molar refractivity (Wildman–Crippen MR) is 91.5 cm³/mol. The molecule has 0 heterocycles. The zero-order chi connectivity index (χ0) is 20.0. The first kappa shape index (κ1) is 20.4. The van der Waals surface area contributed by atoms with E-state index >= 15 is 0 Å². The summed E-state index contributed by atoms with van der Waals surface area (Å²) in [5.41, 5.74) is -0.573. The molecule has 0 radical (unpaired) electrons. The Morgan fingerprint density at radius 2 is 1.89 bits per heavy atom. The van der Waals surface area contributed by atoms with Gasteiger partial charge in [-0.3, -0.25) is 4.79 Å². The second kappa shape index (κ2) is 8.68. The first-order valence-corrected chi connectivity index (χ1v) is 7.80. The van der Waals surface area contributed by atoms with Crippen LogP contribution in [0.15, 0.2) is 48.5 Å². The van der Waals surface area contributed by atoms with E-state index in [0.717, 1.165) is 36.4 Å². The molecule has 1 N–H and O–H groups in total. The van der Waals surface area contributed by atoms with Crippen molar-refractivity contribution in [3.05, 3.63) is 70.5 Å². The fourth-order valence-corrected chi connectivity index (χ4v) is 2.16. The van der Waals surface area contributed by atoms with Crippen LogP contribution in [0.3, 0.4) is 0 Å².